The first kappa shape index (κ1) is 21.2. The Balaban J connectivity index is 1.31. The fourth-order valence-electron chi connectivity index (χ4n) is 4.98. The van der Waals surface area contributed by atoms with E-state index in [2.05, 4.69) is 9.80 Å². The van der Waals surface area contributed by atoms with Gasteiger partial charge < -0.3 is 14.4 Å². The number of para-hydroxylation sites is 1. The van der Waals surface area contributed by atoms with Gasteiger partial charge in [-0.15, -0.1) is 0 Å². The fourth-order valence-corrected chi connectivity index (χ4v) is 4.98. The molecule has 0 radical (unpaired) electrons. The number of fused-ring (bicyclic) bond motifs is 1. The highest BCUT2D eigenvalue weighted by Gasteiger charge is 2.26. The Hall–Kier alpha value is -2.70. The number of amides is 1. The minimum atomic E-state index is -0.240. The van der Waals surface area contributed by atoms with E-state index in [0.29, 0.717) is 17.8 Å². The second kappa shape index (κ2) is 9.43. The molecule has 3 heterocycles. The highest BCUT2D eigenvalue weighted by molar-refractivity contribution is 5.99. The second-order valence-electron chi connectivity index (χ2n) is 8.95. The zero-order valence-corrected chi connectivity index (χ0v) is 18.5. The molecule has 2 aliphatic heterocycles. The van der Waals surface area contributed by atoms with Gasteiger partial charge in [0.25, 0.3) is 5.91 Å². The molecule has 2 aliphatic rings. The van der Waals surface area contributed by atoms with Crippen LogP contribution in [0.1, 0.15) is 28.9 Å². The van der Waals surface area contributed by atoms with E-state index in [-0.39, 0.29) is 11.7 Å². The van der Waals surface area contributed by atoms with Gasteiger partial charge in [0.2, 0.25) is 0 Å². The largest absolute Gasteiger partial charge is 0.335 e. The maximum absolute atomic E-state index is 14.4. The molecule has 32 heavy (non-hydrogen) atoms. The van der Waals surface area contributed by atoms with Crippen molar-refractivity contribution in [2.45, 2.75) is 19.4 Å². The van der Waals surface area contributed by atoms with Crippen LogP contribution in [0.15, 0.2) is 54.6 Å². The normalized spacial score (nSPS) is 18.0. The lowest BCUT2D eigenvalue weighted by molar-refractivity contribution is 0.0617. The predicted octanol–water partition coefficient (Wildman–Crippen LogP) is 3.68. The molecule has 0 N–H and O–H groups in total. The smallest absolute Gasteiger partial charge is 0.270 e. The Labute approximate surface area is 189 Å². The monoisotopic (exact) mass is 434 g/mol. The van der Waals surface area contributed by atoms with Gasteiger partial charge in [-0.25, -0.2) is 4.39 Å². The average Bonchev–Trinajstić information content (AvgIpc) is 3.47. The number of piperazine rings is 1. The highest BCUT2D eigenvalue weighted by Crippen LogP contribution is 2.24. The third kappa shape index (κ3) is 4.43. The van der Waals surface area contributed by atoms with Gasteiger partial charge >= 0.3 is 0 Å². The molecule has 0 bridgehead atoms. The minimum absolute atomic E-state index is 0.0386. The van der Waals surface area contributed by atoms with Crippen LogP contribution in [0.4, 0.5) is 4.39 Å². The molecule has 1 amide bonds. The zero-order valence-electron chi connectivity index (χ0n) is 18.5. The molecule has 5 nitrogen and oxygen atoms in total. The standard InChI is InChI=1S/C26H31FN4O/c27-23-9-3-1-8-22(23)20-31-24-10-4-2-7-21(24)19-25(31)26(32)30-17-15-29(16-18-30)14-13-28-11-5-6-12-28/h1-4,7-10,19H,5-6,11-18,20H2. The third-order valence-corrected chi connectivity index (χ3v) is 6.91. The number of likely N-dealkylation sites (tertiary alicyclic amines) is 1. The molecule has 0 aliphatic carbocycles. The molecular formula is C26H31FN4O. The maximum atomic E-state index is 14.4. The number of benzene rings is 2. The van der Waals surface area contributed by atoms with Crippen molar-refractivity contribution in [3.8, 4) is 0 Å². The summed E-state index contributed by atoms with van der Waals surface area (Å²) >= 11 is 0. The number of nitrogens with zero attached hydrogens (tertiary/aromatic N) is 4. The molecule has 0 spiro atoms. The third-order valence-electron chi connectivity index (χ3n) is 6.91. The quantitative estimate of drug-likeness (QED) is 0.593. The van der Waals surface area contributed by atoms with Gasteiger partial charge in [0.1, 0.15) is 11.5 Å². The van der Waals surface area contributed by atoms with Crippen molar-refractivity contribution in [3.63, 3.8) is 0 Å². The van der Waals surface area contributed by atoms with Crippen LogP contribution in [0.2, 0.25) is 0 Å². The van der Waals surface area contributed by atoms with E-state index in [1.54, 1.807) is 12.1 Å². The van der Waals surface area contributed by atoms with Gasteiger partial charge in [-0.2, -0.15) is 0 Å². The van der Waals surface area contributed by atoms with Gasteiger partial charge in [0.05, 0.1) is 6.54 Å². The average molecular weight is 435 g/mol. The SMILES string of the molecule is O=C(c1cc2ccccc2n1Cc1ccccc1F)N1CCN(CCN2CCCC2)CC1. The Kier molecular flexibility index (Phi) is 6.23. The molecule has 2 saturated heterocycles. The van der Waals surface area contributed by atoms with Crippen LogP contribution in [0, 0.1) is 5.82 Å². The maximum Gasteiger partial charge on any atom is 0.270 e. The lowest BCUT2D eigenvalue weighted by atomic mass is 10.2. The van der Waals surface area contributed by atoms with E-state index in [9.17, 15) is 9.18 Å². The van der Waals surface area contributed by atoms with E-state index >= 15 is 0 Å². The molecule has 2 fully saturated rings. The van der Waals surface area contributed by atoms with Crippen molar-refractivity contribution in [1.82, 2.24) is 19.3 Å². The first-order valence-electron chi connectivity index (χ1n) is 11.7. The van der Waals surface area contributed by atoms with Gasteiger partial charge in [-0.1, -0.05) is 36.4 Å². The van der Waals surface area contributed by atoms with Crippen LogP contribution in [0.3, 0.4) is 0 Å². The topological polar surface area (TPSA) is 31.7 Å². The van der Waals surface area contributed by atoms with Crippen molar-refractivity contribution in [3.05, 3.63) is 71.7 Å². The highest BCUT2D eigenvalue weighted by atomic mass is 19.1. The van der Waals surface area contributed by atoms with E-state index in [1.165, 1.54) is 32.0 Å². The summed E-state index contributed by atoms with van der Waals surface area (Å²) in [6, 6.07) is 16.7. The van der Waals surface area contributed by atoms with E-state index in [1.807, 2.05) is 45.9 Å². The lowest BCUT2D eigenvalue weighted by Gasteiger charge is -2.35. The fraction of sp³-hybridized carbons (Fsp3) is 0.423. The van der Waals surface area contributed by atoms with Gasteiger partial charge in [-0.05, 0) is 44.1 Å². The van der Waals surface area contributed by atoms with E-state index < -0.39 is 0 Å². The van der Waals surface area contributed by atoms with Crippen LogP contribution in [0.25, 0.3) is 10.9 Å². The Morgan fingerprint density at radius 1 is 0.812 bits per heavy atom. The summed E-state index contributed by atoms with van der Waals surface area (Å²) in [6.07, 6.45) is 2.65. The Morgan fingerprint density at radius 3 is 2.22 bits per heavy atom. The first-order valence-corrected chi connectivity index (χ1v) is 11.7. The summed E-state index contributed by atoms with van der Waals surface area (Å²) < 4.78 is 16.3. The van der Waals surface area contributed by atoms with Gasteiger partial charge in [0, 0.05) is 55.7 Å². The summed E-state index contributed by atoms with van der Waals surface area (Å²) in [4.78, 5) is 20.5. The summed E-state index contributed by atoms with van der Waals surface area (Å²) in [5.41, 5.74) is 2.19. The van der Waals surface area contributed by atoms with Crippen molar-refractivity contribution in [2.75, 3.05) is 52.4 Å². The van der Waals surface area contributed by atoms with Crippen LogP contribution < -0.4 is 0 Å². The number of rotatable bonds is 6. The minimum Gasteiger partial charge on any atom is -0.335 e. The molecule has 3 aromatic rings. The molecule has 0 atom stereocenters. The molecule has 1 aromatic heterocycles. The summed E-state index contributed by atoms with van der Waals surface area (Å²) in [5.74, 6) is -0.202. The van der Waals surface area contributed by atoms with Crippen molar-refractivity contribution in [1.29, 1.82) is 0 Å². The van der Waals surface area contributed by atoms with Crippen LogP contribution in [-0.2, 0) is 6.54 Å². The van der Waals surface area contributed by atoms with Crippen LogP contribution >= 0.6 is 0 Å². The number of carbonyl (C=O) groups excluding carboxylic acids is 1. The van der Waals surface area contributed by atoms with E-state index in [4.69, 9.17) is 0 Å². The summed E-state index contributed by atoms with van der Waals surface area (Å²) in [5, 5.41) is 1.01. The molecule has 5 rings (SSSR count). The van der Waals surface area contributed by atoms with Crippen LogP contribution in [0.5, 0.6) is 0 Å². The molecule has 0 unspecified atom stereocenters. The van der Waals surface area contributed by atoms with Crippen LogP contribution in [-0.4, -0.2) is 77.5 Å². The number of hydrogen-bond acceptors (Lipinski definition) is 3. The first-order chi connectivity index (χ1) is 15.7. The number of halogens is 1. The number of hydrogen-bond donors (Lipinski definition) is 0. The van der Waals surface area contributed by atoms with E-state index in [0.717, 1.165) is 50.2 Å². The molecule has 168 valence electrons. The molecule has 2 aromatic carbocycles. The second-order valence-corrected chi connectivity index (χ2v) is 8.95. The molecule has 6 heteroatoms. The van der Waals surface area contributed by atoms with Crippen molar-refractivity contribution < 1.29 is 9.18 Å². The van der Waals surface area contributed by atoms with Crippen molar-refractivity contribution in [2.24, 2.45) is 0 Å². The number of aromatic nitrogens is 1. The molecular weight excluding hydrogens is 403 g/mol. The predicted molar refractivity (Wildman–Crippen MR) is 125 cm³/mol. The van der Waals surface area contributed by atoms with Gasteiger partial charge in [-0.3, -0.25) is 9.69 Å². The Bertz CT molecular complexity index is 1080. The lowest BCUT2D eigenvalue weighted by Crippen LogP contribution is -2.50. The molecule has 0 saturated carbocycles. The zero-order chi connectivity index (χ0) is 21.9. The van der Waals surface area contributed by atoms with Crippen molar-refractivity contribution >= 4 is 16.8 Å². The Morgan fingerprint density at radius 2 is 1.47 bits per heavy atom. The summed E-state index contributed by atoms with van der Waals surface area (Å²) in [6.45, 7) is 8.30. The van der Waals surface area contributed by atoms with Gasteiger partial charge in [0.15, 0.2) is 0 Å². The number of carbonyl (C=O) groups is 1. The summed E-state index contributed by atoms with van der Waals surface area (Å²) in [7, 11) is 0.